The highest BCUT2D eigenvalue weighted by Crippen LogP contribution is 2.06. The van der Waals surface area contributed by atoms with Gasteiger partial charge in [0.1, 0.15) is 0 Å². The summed E-state index contributed by atoms with van der Waals surface area (Å²) in [6.07, 6.45) is 26.3. The Morgan fingerprint density at radius 2 is 1.27 bits per heavy atom. The van der Waals surface area contributed by atoms with E-state index in [9.17, 15) is 4.79 Å². The highest BCUT2D eigenvalue weighted by Gasteiger charge is 1.95. The summed E-state index contributed by atoms with van der Waals surface area (Å²) in [5.74, 6) is -0.677. The van der Waals surface area contributed by atoms with Crippen LogP contribution in [0.3, 0.4) is 0 Å². The monoisotopic (exact) mass is 306 g/mol. The van der Waals surface area contributed by atoms with Crippen molar-refractivity contribution in [1.82, 2.24) is 0 Å². The lowest BCUT2D eigenvalue weighted by atomic mass is 10.1. The molecule has 0 bridgehead atoms. The Bertz CT molecular complexity index is 327. The predicted octanol–water partition coefficient (Wildman–Crippen LogP) is 6.44. The Hall–Kier alpha value is -1.31. The van der Waals surface area contributed by atoms with Crippen LogP contribution in [0.1, 0.15) is 84.0 Å². The first kappa shape index (κ1) is 20.7. The lowest BCUT2D eigenvalue weighted by Gasteiger charge is -1.96. The third-order valence-electron chi connectivity index (χ3n) is 3.54. The quantitative estimate of drug-likeness (QED) is 0.215. The number of carboxylic acid groups (broad SMARTS) is 1. The largest absolute Gasteiger partial charge is 0.481 e. The van der Waals surface area contributed by atoms with Crippen molar-refractivity contribution in [2.24, 2.45) is 0 Å². The van der Waals surface area contributed by atoms with Crippen molar-refractivity contribution in [1.29, 1.82) is 0 Å². The van der Waals surface area contributed by atoms with Gasteiger partial charge < -0.3 is 5.11 Å². The Kier molecular flexibility index (Phi) is 16.7. The number of carbonyl (C=O) groups is 1. The Labute approximate surface area is 137 Å². The van der Waals surface area contributed by atoms with Gasteiger partial charge in [-0.15, -0.1) is 0 Å². The molecule has 2 heteroatoms. The normalized spacial score (nSPS) is 12.0. The van der Waals surface area contributed by atoms with Gasteiger partial charge in [-0.2, -0.15) is 0 Å². The number of carboxylic acids is 1. The minimum absolute atomic E-state index is 0.315. The smallest absolute Gasteiger partial charge is 0.303 e. The molecular formula is C20H34O2. The van der Waals surface area contributed by atoms with Crippen molar-refractivity contribution < 1.29 is 9.90 Å². The Balaban J connectivity index is 3.28. The molecule has 0 saturated carbocycles. The van der Waals surface area contributed by atoms with Crippen molar-refractivity contribution in [2.45, 2.75) is 84.0 Å². The minimum Gasteiger partial charge on any atom is -0.481 e. The summed E-state index contributed by atoms with van der Waals surface area (Å²) in [5, 5.41) is 8.52. The SMILES string of the molecule is CCCCC/C=C/C=C/CC/C=C/CCCCCCC(=O)O. The van der Waals surface area contributed by atoms with Gasteiger partial charge in [0.2, 0.25) is 0 Å². The summed E-state index contributed by atoms with van der Waals surface area (Å²) in [6, 6.07) is 0. The average molecular weight is 306 g/mol. The van der Waals surface area contributed by atoms with Gasteiger partial charge in [0.05, 0.1) is 0 Å². The number of rotatable bonds is 15. The summed E-state index contributed by atoms with van der Waals surface area (Å²) >= 11 is 0. The minimum atomic E-state index is -0.677. The van der Waals surface area contributed by atoms with Gasteiger partial charge in [-0.3, -0.25) is 4.79 Å². The molecule has 0 aromatic rings. The summed E-state index contributed by atoms with van der Waals surface area (Å²) in [5.41, 5.74) is 0. The lowest BCUT2D eigenvalue weighted by molar-refractivity contribution is -0.137. The summed E-state index contributed by atoms with van der Waals surface area (Å²) in [6.45, 7) is 2.23. The van der Waals surface area contributed by atoms with Crippen LogP contribution < -0.4 is 0 Å². The molecule has 0 aliphatic heterocycles. The zero-order chi connectivity index (χ0) is 16.3. The van der Waals surface area contributed by atoms with E-state index in [2.05, 4.69) is 43.4 Å². The van der Waals surface area contributed by atoms with E-state index in [1.165, 1.54) is 32.1 Å². The van der Waals surface area contributed by atoms with Crippen molar-refractivity contribution >= 4 is 5.97 Å². The molecule has 0 atom stereocenters. The topological polar surface area (TPSA) is 37.3 Å². The third-order valence-corrected chi connectivity index (χ3v) is 3.54. The predicted molar refractivity (Wildman–Crippen MR) is 96.1 cm³/mol. The van der Waals surface area contributed by atoms with E-state index < -0.39 is 5.97 Å². The van der Waals surface area contributed by atoms with Crippen LogP contribution >= 0.6 is 0 Å². The van der Waals surface area contributed by atoms with Crippen molar-refractivity contribution in [3.05, 3.63) is 36.5 Å². The van der Waals surface area contributed by atoms with Crippen molar-refractivity contribution in [3.8, 4) is 0 Å². The summed E-state index contributed by atoms with van der Waals surface area (Å²) < 4.78 is 0. The second kappa shape index (κ2) is 17.7. The molecule has 0 saturated heterocycles. The first-order valence-corrected chi connectivity index (χ1v) is 8.95. The van der Waals surface area contributed by atoms with Gasteiger partial charge >= 0.3 is 5.97 Å². The second-order valence-corrected chi connectivity index (χ2v) is 5.75. The van der Waals surface area contributed by atoms with Crippen LogP contribution in [0.4, 0.5) is 0 Å². The standard InChI is InChI=1S/C20H34O2/c1-2-3-4-5-6-7-8-9-10-11-12-13-14-15-16-17-18-19-20(21)22/h6-9,12-13H,2-5,10-11,14-19H2,1H3,(H,21,22)/b7-6+,9-8+,13-12+. The number of hydrogen-bond donors (Lipinski definition) is 1. The molecular weight excluding hydrogens is 272 g/mol. The van der Waals surface area contributed by atoms with E-state index in [4.69, 9.17) is 5.11 Å². The number of allylic oxidation sites excluding steroid dienone is 6. The van der Waals surface area contributed by atoms with Gasteiger partial charge in [0.25, 0.3) is 0 Å². The molecule has 0 aromatic heterocycles. The Morgan fingerprint density at radius 1 is 0.727 bits per heavy atom. The van der Waals surface area contributed by atoms with Crippen LogP contribution in [0.2, 0.25) is 0 Å². The zero-order valence-electron chi connectivity index (χ0n) is 14.3. The van der Waals surface area contributed by atoms with E-state index in [1.807, 2.05) is 0 Å². The number of unbranched alkanes of at least 4 members (excludes halogenated alkanes) is 8. The van der Waals surface area contributed by atoms with E-state index >= 15 is 0 Å². The van der Waals surface area contributed by atoms with Crippen molar-refractivity contribution in [2.75, 3.05) is 0 Å². The van der Waals surface area contributed by atoms with Gasteiger partial charge in [-0.1, -0.05) is 69.1 Å². The van der Waals surface area contributed by atoms with Crippen LogP contribution in [0.25, 0.3) is 0 Å². The molecule has 0 spiro atoms. The highest BCUT2D eigenvalue weighted by molar-refractivity contribution is 5.66. The van der Waals surface area contributed by atoms with E-state index in [0.29, 0.717) is 6.42 Å². The molecule has 0 amide bonds. The fourth-order valence-electron chi connectivity index (χ4n) is 2.18. The van der Waals surface area contributed by atoms with Gasteiger partial charge in [0.15, 0.2) is 0 Å². The molecule has 126 valence electrons. The van der Waals surface area contributed by atoms with Gasteiger partial charge in [-0.05, 0) is 44.9 Å². The maximum Gasteiger partial charge on any atom is 0.303 e. The van der Waals surface area contributed by atoms with Gasteiger partial charge in [-0.25, -0.2) is 0 Å². The second-order valence-electron chi connectivity index (χ2n) is 5.75. The van der Waals surface area contributed by atoms with Crippen LogP contribution in [0.15, 0.2) is 36.5 Å². The first-order chi connectivity index (χ1) is 10.8. The Morgan fingerprint density at radius 3 is 2.00 bits per heavy atom. The number of aliphatic carboxylic acids is 1. The third kappa shape index (κ3) is 18.7. The van der Waals surface area contributed by atoms with Crippen LogP contribution in [-0.2, 0) is 4.79 Å². The molecule has 0 radical (unpaired) electrons. The highest BCUT2D eigenvalue weighted by atomic mass is 16.4. The molecule has 0 rings (SSSR count). The van der Waals surface area contributed by atoms with Crippen LogP contribution in [0.5, 0.6) is 0 Å². The van der Waals surface area contributed by atoms with E-state index in [-0.39, 0.29) is 0 Å². The zero-order valence-corrected chi connectivity index (χ0v) is 14.3. The van der Waals surface area contributed by atoms with Crippen molar-refractivity contribution in [3.63, 3.8) is 0 Å². The summed E-state index contributed by atoms with van der Waals surface area (Å²) in [7, 11) is 0. The molecule has 2 nitrogen and oxygen atoms in total. The molecule has 0 unspecified atom stereocenters. The molecule has 22 heavy (non-hydrogen) atoms. The van der Waals surface area contributed by atoms with Crippen LogP contribution in [0, 0.1) is 0 Å². The molecule has 0 fully saturated rings. The molecule has 0 aromatic carbocycles. The molecule has 0 heterocycles. The molecule has 0 aliphatic carbocycles. The lowest BCUT2D eigenvalue weighted by Crippen LogP contribution is -1.93. The average Bonchev–Trinajstić information content (AvgIpc) is 2.50. The number of hydrogen-bond acceptors (Lipinski definition) is 1. The molecule has 1 N–H and O–H groups in total. The molecule has 0 aliphatic rings. The van der Waals surface area contributed by atoms with E-state index in [1.54, 1.807) is 0 Å². The van der Waals surface area contributed by atoms with Gasteiger partial charge in [0, 0.05) is 6.42 Å². The summed E-state index contributed by atoms with van der Waals surface area (Å²) in [4.78, 5) is 10.3. The maximum absolute atomic E-state index is 10.3. The fraction of sp³-hybridized carbons (Fsp3) is 0.650. The van der Waals surface area contributed by atoms with E-state index in [0.717, 1.165) is 38.5 Å². The maximum atomic E-state index is 10.3. The fourth-order valence-corrected chi connectivity index (χ4v) is 2.18. The van der Waals surface area contributed by atoms with Crippen LogP contribution in [-0.4, -0.2) is 11.1 Å². The first-order valence-electron chi connectivity index (χ1n) is 8.95.